The van der Waals surface area contributed by atoms with Crippen LogP contribution < -0.4 is 0 Å². The first-order valence-corrected chi connectivity index (χ1v) is 4.44. The molecule has 1 heterocycles. The van der Waals surface area contributed by atoms with E-state index >= 15 is 0 Å². The van der Waals surface area contributed by atoms with E-state index in [4.69, 9.17) is 0 Å². The number of hydrogen-bond donors (Lipinski definition) is 0. The second kappa shape index (κ2) is 1.85. The molecule has 0 aliphatic carbocycles. The van der Waals surface area contributed by atoms with Gasteiger partial charge in [-0.05, 0) is 14.1 Å². The molecule has 0 radical (unpaired) electrons. The van der Waals surface area contributed by atoms with Gasteiger partial charge in [-0.3, -0.25) is 9.13 Å². The maximum Gasteiger partial charge on any atom is 0.176 e. The standard InChI is InChI=1S/C3H9BrN2Si/c1-5-3(4)6(2)7-5/h3H,7H2,1-2H3. The first-order valence-electron chi connectivity index (χ1n) is 2.26. The van der Waals surface area contributed by atoms with Gasteiger partial charge in [0.15, 0.2) is 9.84 Å². The van der Waals surface area contributed by atoms with Crippen LogP contribution in [0.15, 0.2) is 0 Å². The molecule has 0 spiro atoms. The molecule has 1 aliphatic rings. The molecule has 0 saturated carbocycles. The zero-order valence-corrected chi connectivity index (χ0v) is 7.56. The van der Waals surface area contributed by atoms with Gasteiger partial charge >= 0.3 is 0 Å². The summed E-state index contributed by atoms with van der Waals surface area (Å²) < 4.78 is 4.69. The second-order valence-corrected chi connectivity index (χ2v) is 5.06. The quantitative estimate of drug-likeness (QED) is 0.283. The molecule has 1 fully saturated rings. The Kier molecular flexibility index (Phi) is 1.52. The average Bonchev–Trinajstić information content (AvgIpc) is 1.68. The number of hydrogen-bond acceptors (Lipinski definition) is 2. The van der Waals surface area contributed by atoms with Crippen LogP contribution in [0.5, 0.6) is 0 Å². The van der Waals surface area contributed by atoms with Crippen molar-refractivity contribution in [2.24, 2.45) is 0 Å². The highest BCUT2D eigenvalue weighted by Gasteiger charge is 2.27. The molecule has 0 aromatic carbocycles. The van der Waals surface area contributed by atoms with Gasteiger partial charge in [0.2, 0.25) is 0 Å². The Morgan fingerprint density at radius 1 is 1.43 bits per heavy atom. The lowest BCUT2D eigenvalue weighted by molar-refractivity contribution is 0.239. The van der Waals surface area contributed by atoms with Crippen molar-refractivity contribution in [2.45, 2.75) is 5.08 Å². The molecule has 0 aromatic rings. The van der Waals surface area contributed by atoms with E-state index in [2.05, 4.69) is 39.2 Å². The molecule has 0 unspecified atom stereocenters. The molecule has 0 amide bonds. The zero-order chi connectivity index (χ0) is 5.44. The molecular formula is C3H9BrN2Si. The van der Waals surface area contributed by atoms with Crippen molar-refractivity contribution in [3.8, 4) is 0 Å². The van der Waals surface area contributed by atoms with E-state index in [0.29, 0.717) is 5.08 Å². The van der Waals surface area contributed by atoms with E-state index in [-0.39, 0.29) is 9.84 Å². The Hall–Kier alpha value is 0.617. The van der Waals surface area contributed by atoms with Gasteiger partial charge in [-0.1, -0.05) is 15.9 Å². The average molecular weight is 181 g/mol. The van der Waals surface area contributed by atoms with Gasteiger partial charge in [-0.25, -0.2) is 0 Å². The summed E-state index contributed by atoms with van der Waals surface area (Å²) in [7, 11) is 4.32. The highest BCUT2D eigenvalue weighted by Crippen LogP contribution is 2.16. The van der Waals surface area contributed by atoms with Crippen LogP contribution in [-0.4, -0.2) is 38.1 Å². The van der Waals surface area contributed by atoms with Crippen molar-refractivity contribution in [2.75, 3.05) is 14.1 Å². The highest BCUT2D eigenvalue weighted by atomic mass is 79.9. The third-order valence-electron chi connectivity index (χ3n) is 1.17. The maximum absolute atomic E-state index is 3.48. The lowest BCUT2D eigenvalue weighted by atomic mass is 11.0. The van der Waals surface area contributed by atoms with Gasteiger partial charge in [0.05, 0.1) is 0 Å². The van der Waals surface area contributed by atoms with Crippen molar-refractivity contribution in [1.29, 1.82) is 0 Å². The van der Waals surface area contributed by atoms with E-state index in [1.165, 1.54) is 0 Å². The second-order valence-electron chi connectivity index (χ2n) is 1.97. The maximum atomic E-state index is 3.48. The molecule has 1 rings (SSSR count). The van der Waals surface area contributed by atoms with Crippen LogP contribution in [0.3, 0.4) is 0 Å². The van der Waals surface area contributed by atoms with Crippen LogP contribution in [0.4, 0.5) is 0 Å². The van der Waals surface area contributed by atoms with E-state index in [1.54, 1.807) is 0 Å². The van der Waals surface area contributed by atoms with Gasteiger partial charge in [-0.15, -0.1) is 0 Å². The first kappa shape index (κ1) is 5.75. The predicted molar refractivity (Wildman–Crippen MR) is 36.8 cm³/mol. The van der Waals surface area contributed by atoms with E-state index in [9.17, 15) is 0 Å². The highest BCUT2D eigenvalue weighted by molar-refractivity contribution is 9.09. The minimum absolute atomic E-state index is 0.0260. The molecule has 1 saturated heterocycles. The van der Waals surface area contributed by atoms with Gasteiger partial charge in [0, 0.05) is 0 Å². The topological polar surface area (TPSA) is 6.48 Å². The van der Waals surface area contributed by atoms with Crippen LogP contribution in [0.25, 0.3) is 0 Å². The molecule has 1 aliphatic heterocycles. The van der Waals surface area contributed by atoms with Gasteiger partial charge < -0.3 is 0 Å². The van der Waals surface area contributed by atoms with Crippen molar-refractivity contribution in [1.82, 2.24) is 9.13 Å². The summed E-state index contributed by atoms with van der Waals surface area (Å²) in [5.41, 5.74) is 0. The number of nitrogens with zero attached hydrogens (tertiary/aromatic N) is 2. The summed E-state index contributed by atoms with van der Waals surface area (Å²) in [5, 5.41) is 0.541. The van der Waals surface area contributed by atoms with Crippen LogP contribution in [0.1, 0.15) is 0 Å². The molecule has 0 atom stereocenters. The number of halogens is 1. The van der Waals surface area contributed by atoms with Crippen molar-refractivity contribution < 1.29 is 0 Å². The van der Waals surface area contributed by atoms with E-state index in [1.807, 2.05) is 0 Å². The van der Waals surface area contributed by atoms with E-state index < -0.39 is 0 Å². The monoisotopic (exact) mass is 180 g/mol. The molecule has 4 heteroatoms. The minimum Gasteiger partial charge on any atom is -0.296 e. The number of rotatable bonds is 0. The Morgan fingerprint density at radius 2 is 1.86 bits per heavy atom. The van der Waals surface area contributed by atoms with Crippen LogP contribution >= 0.6 is 15.9 Å². The van der Waals surface area contributed by atoms with Crippen LogP contribution in [-0.2, 0) is 0 Å². The summed E-state index contributed by atoms with van der Waals surface area (Å²) >= 11 is 3.48. The van der Waals surface area contributed by atoms with E-state index in [0.717, 1.165) is 0 Å². The van der Waals surface area contributed by atoms with Crippen molar-refractivity contribution in [3.63, 3.8) is 0 Å². The summed E-state index contributed by atoms with van der Waals surface area (Å²) in [6.07, 6.45) is 0. The summed E-state index contributed by atoms with van der Waals surface area (Å²) in [4.78, 5) is 0. The zero-order valence-electron chi connectivity index (χ0n) is 4.56. The smallest absolute Gasteiger partial charge is 0.176 e. The Bertz CT molecular complexity index is 71.3. The lowest BCUT2D eigenvalue weighted by Crippen LogP contribution is -2.59. The summed E-state index contributed by atoms with van der Waals surface area (Å²) in [6.45, 7) is 0. The fourth-order valence-electron chi connectivity index (χ4n) is 0.727. The van der Waals surface area contributed by atoms with Crippen molar-refractivity contribution in [3.05, 3.63) is 0 Å². The third-order valence-corrected chi connectivity index (χ3v) is 5.22. The molecule has 42 valence electrons. The predicted octanol–water partition coefficient (Wildman–Crippen LogP) is -0.459. The molecule has 2 nitrogen and oxygen atoms in total. The third kappa shape index (κ3) is 0.886. The van der Waals surface area contributed by atoms with Gasteiger partial charge in [0.1, 0.15) is 5.08 Å². The first-order chi connectivity index (χ1) is 3.22. The van der Waals surface area contributed by atoms with Crippen LogP contribution in [0, 0.1) is 0 Å². The van der Waals surface area contributed by atoms with Crippen molar-refractivity contribution >= 4 is 25.8 Å². The fourth-order valence-corrected chi connectivity index (χ4v) is 2.73. The normalized spacial score (nSPS) is 39.0. The molecular weight excluding hydrogens is 172 g/mol. The molecule has 7 heavy (non-hydrogen) atoms. The molecule has 0 N–H and O–H groups in total. The molecule has 0 aromatic heterocycles. The summed E-state index contributed by atoms with van der Waals surface area (Å²) in [6, 6.07) is 0. The largest absolute Gasteiger partial charge is 0.296 e. The Labute approximate surface area is 54.6 Å². The van der Waals surface area contributed by atoms with Crippen LogP contribution in [0.2, 0.25) is 0 Å². The minimum atomic E-state index is 0.0260. The van der Waals surface area contributed by atoms with Gasteiger partial charge in [0.25, 0.3) is 0 Å². The molecule has 0 bridgehead atoms. The lowest BCUT2D eigenvalue weighted by Gasteiger charge is -2.42. The number of alkyl halides is 1. The Balaban J connectivity index is 2.29. The Morgan fingerprint density at radius 3 is 1.86 bits per heavy atom. The summed E-state index contributed by atoms with van der Waals surface area (Å²) in [5.74, 6) is 0. The SMILES string of the molecule is CN1[SiH2]N(C)C1Br. The fraction of sp³-hybridized carbons (Fsp3) is 1.00. The van der Waals surface area contributed by atoms with Gasteiger partial charge in [-0.2, -0.15) is 0 Å².